The Labute approximate surface area is 133 Å². The highest BCUT2D eigenvalue weighted by Crippen LogP contribution is 2.37. The Balaban J connectivity index is 2.05. The average Bonchev–Trinajstić information content (AvgIpc) is 2.94. The number of carbonyl (C=O) groups is 1. The Bertz CT molecular complexity index is 761. The van der Waals surface area contributed by atoms with Crippen LogP contribution in [0.1, 0.15) is 35.7 Å². The molecule has 118 valence electrons. The third-order valence-corrected chi connectivity index (χ3v) is 3.90. The number of amides is 1. The van der Waals surface area contributed by atoms with Crippen LogP contribution < -0.4 is 0 Å². The molecule has 1 atom stereocenters. The third kappa shape index (κ3) is 2.57. The van der Waals surface area contributed by atoms with Crippen LogP contribution in [0, 0.1) is 0 Å². The van der Waals surface area contributed by atoms with Gasteiger partial charge in [-0.2, -0.15) is 10.1 Å². The summed E-state index contributed by atoms with van der Waals surface area (Å²) in [5.41, 5.74) is -0.314. The Hall–Kier alpha value is -2.73. The number of aromatic nitrogens is 1. The molecule has 1 aliphatic heterocycles. The van der Waals surface area contributed by atoms with E-state index in [1.54, 1.807) is 30.5 Å². The number of para-hydroxylation sites is 1. The summed E-state index contributed by atoms with van der Waals surface area (Å²) < 4.78 is 0. The molecular weight excluding hydrogens is 294 g/mol. The number of aliphatic hydroxyl groups is 1. The molecule has 0 spiro atoms. The lowest BCUT2D eigenvalue weighted by atomic mass is 9.97. The van der Waals surface area contributed by atoms with Gasteiger partial charge in [0.2, 0.25) is 0 Å². The van der Waals surface area contributed by atoms with Crippen molar-refractivity contribution in [1.82, 2.24) is 9.99 Å². The molecule has 0 bridgehead atoms. The Morgan fingerprint density at radius 2 is 2.09 bits per heavy atom. The van der Waals surface area contributed by atoms with Crippen molar-refractivity contribution in [2.75, 3.05) is 0 Å². The maximum atomic E-state index is 12.8. The highest BCUT2D eigenvalue weighted by Gasteiger charge is 2.46. The van der Waals surface area contributed by atoms with Crippen molar-refractivity contribution in [2.24, 2.45) is 5.10 Å². The number of carbonyl (C=O) groups excluding carboxylic acids is 1. The molecule has 0 saturated heterocycles. The molecule has 0 radical (unpaired) electrons. The number of rotatable bonds is 3. The summed E-state index contributed by atoms with van der Waals surface area (Å²) in [5.74, 6) is -0.705. The lowest BCUT2D eigenvalue weighted by Crippen LogP contribution is -2.43. The number of hydrogen-bond donors (Lipinski definition) is 2. The van der Waals surface area contributed by atoms with E-state index >= 15 is 0 Å². The van der Waals surface area contributed by atoms with Crippen molar-refractivity contribution in [3.05, 3.63) is 59.9 Å². The summed E-state index contributed by atoms with van der Waals surface area (Å²) in [5, 5.41) is 26.3. The molecule has 23 heavy (non-hydrogen) atoms. The molecule has 1 unspecified atom stereocenters. The molecule has 2 aromatic rings. The Kier molecular flexibility index (Phi) is 3.83. The van der Waals surface area contributed by atoms with Crippen LogP contribution in [-0.4, -0.2) is 31.8 Å². The van der Waals surface area contributed by atoms with Crippen molar-refractivity contribution >= 4 is 11.6 Å². The molecule has 1 amide bonds. The van der Waals surface area contributed by atoms with Crippen LogP contribution in [0.2, 0.25) is 0 Å². The summed E-state index contributed by atoms with van der Waals surface area (Å²) in [6.07, 6.45) is 3.94. The van der Waals surface area contributed by atoms with Crippen molar-refractivity contribution in [2.45, 2.75) is 25.5 Å². The smallest absolute Gasteiger partial charge is 0.280 e. The van der Waals surface area contributed by atoms with E-state index in [1.165, 1.54) is 18.3 Å². The van der Waals surface area contributed by atoms with E-state index in [0.717, 1.165) is 5.01 Å². The maximum Gasteiger partial charge on any atom is 0.280 e. The first-order valence-electron chi connectivity index (χ1n) is 7.38. The Morgan fingerprint density at radius 1 is 1.30 bits per heavy atom. The van der Waals surface area contributed by atoms with Crippen LogP contribution in [0.25, 0.3) is 0 Å². The monoisotopic (exact) mass is 311 g/mol. The van der Waals surface area contributed by atoms with Gasteiger partial charge >= 0.3 is 0 Å². The van der Waals surface area contributed by atoms with E-state index in [4.69, 9.17) is 0 Å². The molecule has 1 aromatic carbocycles. The zero-order valence-corrected chi connectivity index (χ0v) is 12.7. The minimum Gasteiger partial charge on any atom is -0.507 e. The van der Waals surface area contributed by atoms with Gasteiger partial charge in [0.05, 0.1) is 5.56 Å². The zero-order chi connectivity index (χ0) is 16.4. The maximum absolute atomic E-state index is 12.8. The molecule has 6 nitrogen and oxygen atoms in total. The molecule has 0 aliphatic carbocycles. The van der Waals surface area contributed by atoms with Crippen molar-refractivity contribution < 1.29 is 15.0 Å². The van der Waals surface area contributed by atoms with Gasteiger partial charge in [-0.1, -0.05) is 25.1 Å². The lowest BCUT2D eigenvalue weighted by molar-refractivity contribution is -0.0768. The normalized spacial score (nSPS) is 20.4. The number of hydrogen-bond acceptors (Lipinski definition) is 5. The minimum atomic E-state index is -1.60. The molecule has 2 heterocycles. The largest absolute Gasteiger partial charge is 0.507 e. The second kappa shape index (κ2) is 5.81. The standard InChI is InChI=1S/C17H17N3O3/c1-2-13-10-17(23,12-6-5-9-18-11-12)20(19-13)16(22)14-7-3-4-8-15(14)21/h3-9,11,21,23H,2,10H2,1H3. The zero-order valence-electron chi connectivity index (χ0n) is 12.7. The number of phenolic OH excluding ortho intramolecular Hbond substituents is 1. The van der Waals surface area contributed by atoms with Crippen LogP contribution in [0.15, 0.2) is 53.9 Å². The predicted molar refractivity (Wildman–Crippen MR) is 84.8 cm³/mol. The summed E-state index contributed by atoms with van der Waals surface area (Å²) in [7, 11) is 0. The predicted octanol–water partition coefficient (Wildman–Crippen LogP) is 2.24. The molecule has 2 N–H and O–H groups in total. The number of nitrogens with zero attached hydrogens (tertiary/aromatic N) is 3. The van der Waals surface area contributed by atoms with Gasteiger partial charge < -0.3 is 10.2 Å². The molecule has 6 heteroatoms. The second-order valence-electron chi connectivity index (χ2n) is 5.39. The van der Waals surface area contributed by atoms with Gasteiger partial charge in [-0.25, -0.2) is 0 Å². The van der Waals surface area contributed by atoms with E-state index < -0.39 is 11.6 Å². The van der Waals surface area contributed by atoms with Gasteiger partial charge in [0.25, 0.3) is 5.91 Å². The Morgan fingerprint density at radius 3 is 2.74 bits per heavy atom. The average molecular weight is 311 g/mol. The van der Waals surface area contributed by atoms with E-state index in [2.05, 4.69) is 10.1 Å². The number of phenols is 1. The fourth-order valence-electron chi connectivity index (χ4n) is 2.62. The lowest BCUT2D eigenvalue weighted by Gasteiger charge is -2.31. The molecule has 3 rings (SSSR count). The van der Waals surface area contributed by atoms with Crippen molar-refractivity contribution in [3.8, 4) is 5.75 Å². The van der Waals surface area contributed by atoms with E-state index in [0.29, 0.717) is 17.7 Å². The van der Waals surface area contributed by atoms with Gasteiger partial charge in [-0.3, -0.25) is 9.78 Å². The quantitative estimate of drug-likeness (QED) is 0.910. The first-order valence-corrected chi connectivity index (χ1v) is 7.38. The molecule has 1 aromatic heterocycles. The van der Waals surface area contributed by atoms with Crippen LogP contribution >= 0.6 is 0 Å². The minimum absolute atomic E-state index is 0.0934. The van der Waals surface area contributed by atoms with Gasteiger partial charge in [-0.05, 0) is 24.6 Å². The van der Waals surface area contributed by atoms with Crippen LogP contribution in [-0.2, 0) is 5.72 Å². The second-order valence-corrected chi connectivity index (χ2v) is 5.39. The van der Waals surface area contributed by atoms with Gasteiger partial charge in [0, 0.05) is 30.1 Å². The molecule has 0 fully saturated rings. The molecular formula is C17H17N3O3. The molecule has 0 saturated carbocycles. The van der Waals surface area contributed by atoms with Crippen LogP contribution in [0.5, 0.6) is 5.75 Å². The van der Waals surface area contributed by atoms with Crippen molar-refractivity contribution in [1.29, 1.82) is 0 Å². The van der Waals surface area contributed by atoms with Gasteiger partial charge in [0.15, 0.2) is 5.72 Å². The first-order chi connectivity index (χ1) is 11.1. The van der Waals surface area contributed by atoms with Crippen LogP contribution in [0.4, 0.5) is 0 Å². The number of hydrazone groups is 1. The van der Waals surface area contributed by atoms with Crippen molar-refractivity contribution in [3.63, 3.8) is 0 Å². The fourth-order valence-corrected chi connectivity index (χ4v) is 2.62. The van der Waals surface area contributed by atoms with E-state index in [9.17, 15) is 15.0 Å². The summed E-state index contributed by atoms with van der Waals surface area (Å²) in [6.45, 7) is 1.91. The topological polar surface area (TPSA) is 86.0 Å². The number of pyridine rings is 1. The number of benzene rings is 1. The first kappa shape index (κ1) is 15.2. The van der Waals surface area contributed by atoms with Crippen LogP contribution in [0.3, 0.4) is 0 Å². The third-order valence-electron chi connectivity index (χ3n) is 3.90. The van der Waals surface area contributed by atoms with E-state index in [1.807, 2.05) is 6.92 Å². The summed E-state index contributed by atoms with van der Waals surface area (Å²) >= 11 is 0. The number of aromatic hydroxyl groups is 1. The highest BCUT2D eigenvalue weighted by atomic mass is 16.3. The van der Waals surface area contributed by atoms with Gasteiger partial charge in [-0.15, -0.1) is 0 Å². The summed E-state index contributed by atoms with van der Waals surface area (Å²) in [4.78, 5) is 16.8. The van der Waals surface area contributed by atoms with Gasteiger partial charge in [0.1, 0.15) is 5.75 Å². The highest BCUT2D eigenvalue weighted by molar-refractivity contribution is 6.00. The SMILES string of the molecule is CCC1=NN(C(=O)c2ccccc2O)C(O)(c2cccnc2)C1. The fraction of sp³-hybridized carbons (Fsp3) is 0.235. The summed E-state index contributed by atoms with van der Waals surface area (Å²) in [6, 6.07) is 9.60. The van der Waals surface area contributed by atoms with E-state index in [-0.39, 0.29) is 17.7 Å². The molecule has 1 aliphatic rings.